The normalized spacial score (nSPS) is 11.2. The van der Waals surface area contributed by atoms with Gasteiger partial charge in [-0.3, -0.25) is 5.10 Å². The molecule has 0 saturated carbocycles. The summed E-state index contributed by atoms with van der Waals surface area (Å²) in [6, 6.07) is 5.75. The molecule has 102 valence electrons. The predicted molar refractivity (Wildman–Crippen MR) is 77.7 cm³/mol. The van der Waals surface area contributed by atoms with E-state index in [1.165, 1.54) is 0 Å². The van der Waals surface area contributed by atoms with Crippen LogP contribution in [0.25, 0.3) is 22.3 Å². The molecule has 1 aromatic carbocycles. The summed E-state index contributed by atoms with van der Waals surface area (Å²) in [6.45, 7) is 1.94. The second kappa shape index (κ2) is 4.45. The van der Waals surface area contributed by atoms with Gasteiger partial charge in [-0.05, 0) is 35.0 Å². The Kier molecular flexibility index (Phi) is 2.86. The molecule has 0 aliphatic carbocycles. The Morgan fingerprint density at radius 1 is 1.45 bits per heavy atom. The minimum Gasteiger partial charge on any atom is -0.476 e. The molecule has 0 unspecified atom stereocenters. The molecule has 0 fully saturated rings. The maximum absolute atomic E-state index is 11.0. The highest BCUT2D eigenvalue weighted by Gasteiger charge is 2.18. The number of aromatic carboxylic acids is 1. The lowest BCUT2D eigenvalue weighted by Gasteiger charge is -1.99. The van der Waals surface area contributed by atoms with E-state index in [0.29, 0.717) is 10.2 Å². The zero-order chi connectivity index (χ0) is 14.4. The van der Waals surface area contributed by atoms with Crippen molar-refractivity contribution in [2.45, 2.75) is 6.92 Å². The number of nitrogens with one attached hydrogen (secondary N) is 1. The highest BCUT2D eigenvalue weighted by molar-refractivity contribution is 9.10. The van der Waals surface area contributed by atoms with Crippen LogP contribution in [0, 0.1) is 6.92 Å². The van der Waals surface area contributed by atoms with Crippen molar-refractivity contribution in [1.29, 1.82) is 0 Å². The van der Waals surface area contributed by atoms with E-state index in [1.54, 1.807) is 0 Å². The molecular weight excluding hydrogens is 324 g/mol. The van der Waals surface area contributed by atoms with E-state index in [1.807, 2.05) is 36.7 Å². The topological polar surface area (TPSA) is 83.8 Å². The Morgan fingerprint density at radius 2 is 2.20 bits per heavy atom. The highest BCUT2D eigenvalue weighted by Crippen LogP contribution is 2.30. The van der Waals surface area contributed by atoms with Crippen LogP contribution in [-0.2, 0) is 7.05 Å². The lowest BCUT2D eigenvalue weighted by Crippen LogP contribution is -1.96. The van der Waals surface area contributed by atoms with E-state index < -0.39 is 5.97 Å². The summed E-state index contributed by atoms with van der Waals surface area (Å²) in [5.74, 6) is -0.130. The maximum Gasteiger partial charge on any atom is 0.355 e. The quantitative estimate of drug-likeness (QED) is 0.754. The molecule has 0 radical (unpaired) electrons. The summed E-state index contributed by atoms with van der Waals surface area (Å²) in [7, 11) is 1.96. The van der Waals surface area contributed by atoms with Crippen molar-refractivity contribution in [2.75, 3.05) is 0 Å². The van der Waals surface area contributed by atoms with Crippen LogP contribution in [0.2, 0.25) is 0 Å². The number of hydrogen-bond acceptors (Lipinski definition) is 3. The highest BCUT2D eigenvalue weighted by atomic mass is 79.9. The molecule has 3 rings (SSSR count). The smallest absolute Gasteiger partial charge is 0.355 e. The lowest BCUT2D eigenvalue weighted by molar-refractivity contribution is 0.0689. The van der Waals surface area contributed by atoms with Crippen LogP contribution in [0.1, 0.15) is 16.3 Å². The van der Waals surface area contributed by atoms with Crippen LogP contribution < -0.4 is 0 Å². The average Bonchev–Trinajstić information content (AvgIpc) is 2.91. The van der Waals surface area contributed by atoms with Crippen LogP contribution in [0.3, 0.4) is 0 Å². The third-order valence-corrected chi connectivity index (χ3v) is 4.07. The molecule has 2 heterocycles. The van der Waals surface area contributed by atoms with E-state index in [0.717, 1.165) is 22.4 Å². The van der Waals surface area contributed by atoms with Crippen LogP contribution in [0.15, 0.2) is 22.7 Å². The number of carboxylic acids is 1. The minimum atomic E-state index is -1.05. The zero-order valence-electron chi connectivity index (χ0n) is 10.8. The SMILES string of the molecule is Cc1nc2cc(-c3n[nH]c(C(=O)O)c3Br)ccc2n1C. The number of halogens is 1. The van der Waals surface area contributed by atoms with Gasteiger partial charge in [0.15, 0.2) is 5.69 Å². The Bertz CT molecular complexity index is 834. The second-order valence-electron chi connectivity index (χ2n) is 4.49. The fraction of sp³-hybridized carbons (Fsp3) is 0.154. The van der Waals surface area contributed by atoms with Gasteiger partial charge in [0.2, 0.25) is 0 Å². The number of aromatic amines is 1. The molecule has 3 aromatic rings. The van der Waals surface area contributed by atoms with Crippen LogP contribution in [-0.4, -0.2) is 30.8 Å². The van der Waals surface area contributed by atoms with E-state index >= 15 is 0 Å². The van der Waals surface area contributed by atoms with Crippen LogP contribution >= 0.6 is 15.9 Å². The summed E-state index contributed by atoms with van der Waals surface area (Å²) in [4.78, 5) is 15.5. The van der Waals surface area contributed by atoms with Gasteiger partial charge in [0.1, 0.15) is 11.5 Å². The summed E-state index contributed by atoms with van der Waals surface area (Å²) >= 11 is 3.27. The van der Waals surface area contributed by atoms with Crippen LogP contribution in [0.5, 0.6) is 0 Å². The van der Waals surface area contributed by atoms with Crippen molar-refractivity contribution in [3.63, 3.8) is 0 Å². The zero-order valence-corrected chi connectivity index (χ0v) is 12.4. The second-order valence-corrected chi connectivity index (χ2v) is 5.28. The number of carbonyl (C=O) groups is 1. The van der Waals surface area contributed by atoms with Gasteiger partial charge in [0.25, 0.3) is 0 Å². The van der Waals surface area contributed by atoms with E-state index in [2.05, 4.69) is 31.1 Å². The summed E-state index contributed by atoms with van der Waals surface area (Å²) in [6.07, 6.45) is 0. The standard InChI is InChI=1S/C13H11BrN4O2/c1-6-15-8-5-7(3-4-9(8)18(6)2)11-10(14)12(13(19)20)17-16-11/h3-5H,1-2H3,(H,16,17)(H,19,20). The predicted octanol–water partition coefficient (Wildman–Crippen LogP) is 2.73. The molecule has 0 aliphatic rings. The molecule has 0 atom stereocenters. The van der Waals surface area contributed by atoms with Crippen molar-refractivity contribution < 1.29 is 9.90 Å². The van der Waals surface area contributed by atoms with Crippen molar-refractivity contribution in [3.8, 4) is 11.3 Å². The van der Waals surface area contributed by atoms with Crippen LogP contribution in [0.4, 0.5) is 0 Å². The molecule has 2 N–H and O–H groups in total. The number of nitrogens with zero attached hydrogens (tertiary/aromatic N) is 3. The number of fused-ring (bicyclic) bond motifs is 1. The third-order valence-electron chi connectivity index (χ3n) is 3.30. The van der Waals surface area contributed by atoms with Crippen molar-refractivity contribution >= 4 is 32.9 Å². The number of imidazole rings is 1. The monoisotopic (exact) mass is 334 g/mol. The number of aryl methyl sites for hydroxylation is 2. The minimum absolute atomic E-state index is 0.0392. The number of aromatic nitrogens is 4. The van der Waals surface area contributed by atoms with Gasteiger partial charge in [-0.25, -0.2) is 9.78 Å². The van der Waals surface area contributed by atoms with Gasteiger partial charge in [-0.2, -0.15) is 5.10 Å². The fourth-order valence-corrected chi connectivity index (χ4v) is 2.70. The summed E-state index contributed by atoms with van der Waals surface area (Å²) < 4.78 is 2.44. The maximum atomic E-state index is 11.0. The summed E-state index contributed by atoms with van der Waals surface area (Å²) in [5.41, 5.74) is 3.29. The molecule has 0 spiro atoms. The number of rotatable bonds is 2. The van der Waals surface area contributed by atoms with Gasteiger partial charge in [0.05, 0.1) is 15.5 Å². The third kappa shape index (κ3) is 1.82. The molecule has 0 aliphatic heterocycles. The lowest BCUT2D eigenvalue weighted by atomic mass is 10.1. The van der Waals surface area contributed by atoms with E-state index in [4.69, 9.17) is 5.11 Å². The Labute approximate surface area is 122 Å². The Hall–Kier alpha value is -2.15. The molecule has 20 heavy (non-hydrogen) atoms. The molecule has 0 saturated heterocycles. The first kappa shape index (κ1) is 12.9. The molecule has 0 bridgehead atoms. The Balaban J connectivity index is 2.17. The molecule has 0 amide bonds. The number of H-pyrrole nitrogens is 1. The van der Waals surface area contributed by atoms with Crippen molar-refractivity contribution in [3.05, 3.63) is 34.2 Å². The average molecular weight is 335 g/mol. The number of carboxylic acid groups (broad SMARTS) is 1. The van der Waals surface area contributed by atoms with Crippen molar-refractivity contribution in [2.24, 2.45) is 7.05 Å². The molecule has 6 nitrogen and oxygen atoms in total. The van der Waals surface area contributed by atoms with E-state index in [-0.39, 0.29) is 5.69 Å². The Morgan fingerprint density at radius 3 is 2.85 bits per heavy atom. The molecule has 7 heteroatoms. The first-order valence-electron chi connectivity index (χ1n) is 5.89. The van der Waals surface area contributed by atoms with Gasteiger partial charge >= 0.3 is 5.97 Å². The van der Waals surface area contributed by atoms with Gasteiger partial charge in [0, 0.05) is 12.6 Å². The largest absolute Gasteiger partial charge is 0.476 e. The van der Waals surface area contributed by atoms with E-state index in [9.17, 15) is 4.79 Å². The molecular formula is C13H11BrN4O2. The first-order chi connectivity index (χ1) is 9.49. The van der Waals surface area contributed by atoms with Gasteiger partial charge < -0.3 is 9.67 Å². The molecule has 2 aromatic heterocycles. The summed E-state index contributed by atoms with van der Waals surface area (Å²) in [5, 5.41) is 15.6. The number of hydrogen-bond donors (Lipinski definition) is 2. The first-order valence-corrected chi connectivity index (χ1v) is 6.69. The van der Waals surface area contributed by atoms with Gasteiger partial charge in [-0.1, -0.05) is 6.07 Å². The van der Waals surface area contributed by atoms with Crippen molar-refractivity contribution in [1.82, 2.24) is 19.7 Å². The number of benzene rings is 1. The fourth-order valence-electron chi connectivity index (χ4n) is 2.13. The van der Waals surface area contributed by atoms with Gasteiger partial charge in [-0.15, -0.1) is 0 Å².